The zero-order valence-corrected chi connectivity index (χ0v) is 14.9. The number of ether oxygens (including phenoxy) is 1. The van der Waals surface area contributed by atoms with E-state index < -0.39 is 22.3 Å². The number of rotatable bonds is 5. The van der Waals surface area contributed by atoms with Gasteiger partial charge in [-0.2, -0.15) is 5.26 Å². The van der Waals surface area contributed by atoms with Gasteiger partial charge in [0.15, 0.2) is 0 Å². The molecule has 9 heteroatoms. The quantitative estimate of drug-likeness (QED) is 0.345. The molecule has 2 aromatic carbocycles. The van der Waals surface area contributed by atoms with E-state index in [1.165, 1.54) is 13.2 Å². The van der Waals surface area contributed by atoms with Gasteiger partial charge >= 0.3 is 0 Å². The zero-order valence-electron chi connectivity index (χ0n) is 13.4. The summed E-state index contributed by atoms with van der Waals surface area (Å²) in [5.74, 6) is -1.83. The van der Waals surface area contributed by atoms with Crippen molar-refractivity contribution in [2.24, 2.45) is 0 Å². The number of nitro benzene ring substituents is 1. The number of nitrogens with one attached hydrogen (secondary N) is 1. The second kappa shape index (κ2) is 8.13. The molecular formula is C17H11BrN3O5-. The summed E-state index contributed by atoms with van der Waals surface area (Å²) in [6, 6.07) is 10.7. The third kappa shape index (κ3) is 4.37. The Hall–Kier alpha value is -3.38. The monoisotopic (exact) mass is 416 g/mol. The van der Waals surface area contributed by atoms with Gasteiger partial charge in [0.05, 0.1) is 12.0 Å². The van der Waals surface area contributed by atoms with Crippen molar-refractivity contribution in [3.63, 3.8) is 0 Å². The first-order valence-electron chi connectivity index (χ1n) is 7.08. The lowest BCUT2D eigenvalue weighted by Crippen LogP contribution is -2.13. The molecule has 1 amide bonds. The molecule has 0 bridgehead atoms. The van der Waals surface area contributed by atoms with Crippen molar-refractivity contribution in [2.75, 3.05) is 12.4 Å². The fourth-order valence-corrected chi connectivity index (χ4v) is 2.46. The molecule has 0 heterocycles. The first-order valence-corrected chi connectivity index (χ1v) is 7.87. The topological polar surface area (TPSA) is 128 Å². The molecule has 0 saturated heterocycles. The first kappa shape index (κ1) is 19.0. The summed E-state index contributed by atoms with van der Waals surface area (Å²) in [7, 11) is 1.19. The molecule has 0 saturated carbocycles. The van der Waals surface area contributed by atoms with Gasteiger partial charge in [-0.05, 0) is 35.9 Å². The van der Waals surface area contributed by atoms with E-state index in [0.717, 1.165) is 16.6 Å². The van der Waals surface area contributed by atoms with Gasteiger partial charge in [-0.1, -0.05) is 22.0 Å². The second-order valence-corrected chi connectivity index (χ2v) is 5.88. The van der Waals surface area contributed by atoms with E-state index in [1.807, 2.05) is 0 Å². The molecular weight excluding hydrogens is 406 g/mol. The molecule has 2 aromatic rings. The van der Waals surface area contributed by atoms with Crippen LogP contribution in [0.25, 0.3) is 6.08 Å². The summed E-state index contributed by atoms with van der Waals surface area (Å²) in [6.45, 7) is 0. The van der Waals surface area contributed by atoms with Crippen LogP contribution in [0.3, 0.4) is 0 Å². The molecule has 1 N–H and O–H groups in total. The highest BCUT2D eigenvalue weighted by Gasteiger charge is 2.15. The van der Waals surface area contributed by atoms with E-state index in [1.54, 1.807) is 30.3 Å². The summed E-state index contributed by atoms with van der Waals surface area (Å²) in [4.78, 5) is 22.4. The SMILES string of the molecule is COc1cc(/C=C(/C#N)C(=O)Nc2cccc(Br)c2)cc([N+](=O)[O-])c1[O-]. The minimum Gasteiger partial charge on any atom is -0.865 e. The zero-order chi connectivity index (χ0) is 19.3. The van der Waals surface area contributed by atoms with Crippen molar-refractivity contribution in [1.29, 1.82) is 5.26 Å². The van der Waals surface area contributed by atoms with Crippen LogP contribution in [0.4, 0.5) is 11.4 Å². The van der Waals surface area contributed by atoms with Gasteiger partial charge in [0.25, 0.3) is 11.6 Å². The highest BCUT2D eigenvalue weighted by atomic mass is 79.9. The number of hydrogen-bond donors (Lipinski definition) is 1. The van der Waals surface area contributed by atoms with Gasteiger partial charge in [0.1, 0.15) is 17.4 Å². The largest absolute Gasteiger partial charge is 0.865 e. The third-order valence-corrected chi connectivity index (χ3v) is 3.73. The predicted molar refractivity (Wildman–Crippen MR) is 95.5 cm³/mol. The summed E-state index contributed by atoms with van der Waals surface area (Å²) in [5.41, 5.74) is -0.418. The number of carbonyl (C=O) groups is 1. The van der Waals surface area contributed by atoms with Gasteiger partial charge < -0.3 is 15.2 Å². The molecule has 8 nitrogen and oxygen atoms in total. The predicted octanol–water partition coefficient (Wildman–Crippen LogP) is 2.99. The van der Waals surface area contributed by atoms with Crippen LogP contribution in [0.15, 0.2) is 46.4 Å². The Kier molecular flexibility index (Phi) is 5.93. The Morgan fingerprint density at radius 3 is 2.69 bits per heavy atom. The number of hydrogen-bond acceptors (Lipinski definition) is 6. The van der Waals surface area contributed by atoms with Crippen molar-refractivity contribution in [3.8, 4) is 17.6 Å². The summed E-state index contributed by atoms with van der Waals surface area (Å²) in [5, 5.41) is 34.6. The molecule has 0 unspecified atom stereocenters. The van der Waals surface area contributed by atoms with Crippen LogP contribution in [-0.2, 0) is 4.79 Å². The maximum atomic E-state index is 12.3. The molecule has 0 aromatic heterocycles. The maximum absolute atomic E-state index is 12.3. The molecule has 0 radical (unpaired) electrons. The summed E-state index contributed by atoms with van der Waals surface area (Å²) >= 11 is 3.27. The maximum Gasteiger partial charge on any atom is 0.266 e. The number of nitro groups is 1. The Morgan fingerprint density at radius 2 is 2.12 bits per heavy atom. The fourth-order valence-electron chi connectivity index (χ4n) is 2.06. The van der Waals surface area contributed by atoms with Gasteiger partial charge in [-0.3, -0.25) is 14.9 Å². The minimum atomic E-state index is -0.883. The molecule has 0 aliphatic rings. The van der Waals surface area contributed by atoms with Crippen molar-refractivity contribution < 1.29 is 19.6 Å². The lowest BCUT2D eigenvalue weighted by atomic mass is 10.1. The second-order valence-electron chi connectivity index (χ2n) is 4.96. The van der Waals surface area contributed by atoms with E-state index in [4.69, 9.17) is 4.74 Å². The van der Waals surface area contributed by atoms with Crippen LogP contribution < -0.4 is 15.2 Å². The molecule has 132 valence electrons. The van der Waals surface area contributed by atoms with Crippen molar-refractivity contribution in [2.45, 2.75) is 0 Å². The van der Waals surface area contributed by atoms with Crippen molar-refractivity contribution in [1.82, 2.24) is 0 Å². The molecule has 0 atom stereocenters. The highest BCUT2D eigenvalue weighted by molar-refractivity contribution is 9.10. The Balaban J connectivity index is 2.39. The Labute approximate surface area is 156 Å². The number of carbonyl (C=O) groups excluding carboxylic acids is 1. The summed E-state index contributed by atoms with van der Waals surface area (Å²) < 4.78 is 5.57. The molecule has 0 spiro atoms. The minimum absolute atomic E-state index is 0.120. The lowest BCUT2D eigenvalue weighted by molar-refractivity contribution is -0.398. The van der Waals surface area contributed by atoms with E-state index in [2.05, 4.69) is 21.2 Å². The number of amides is 1. The van der Waals surface area contributed by atoms with E-state index in [-0.39, 0.29) is 16.9 Å². The van der Waals surface area contributed by atoms with Crippen LogP contribution in [0.5, 0.6) is 11.5 Å². The van der Waals surface area contributed by atoms with Gasteiger partial charge in [0, 0.05) is 22.0 Å². The van der Waals surface area contributed by atoms with E-state index >= 15 is 0 Å². The van der Waals surface area contributed by atoms with Gasteiger partial charge in [-0.25, -0.2) is 0 Å². The molecule has 0 aliphatic heterocycles. The summed E-state index contributed by atoms with van der Waals surface area (Å²) in [6.07, 6.45) is 1.14. The van der Waals surface area contributed by atoms with Crippen molar-refractivity contribution in [3.05, 3.63) is 62.1 Å². The number of benzene rings is 2. The normalized spacial score (nSPS) is 10.7. The highest BCUT2D eigenvalue weighted by Crippen LogP contribution is 2.35. The van der Waals surface area contributed by atoms with Gasteiger partial charge in [-0.15, -0.1) is 0 Å². The molecule has 0 fully saturated rings. The lowest BCUT2D eigenvalue weighted by Gasteiger charge is -2.13. The number of nitrogens with zero attached hydrogens (tertiary/aromatic N) is 2. The average molecular weight is 417 g/mol. The molecule has 26 heavy (non-hydrogen) atoms. The van der Waals surface area contributed by atoms with Gasteiger partial charge in [0.2, 0.25) is 0 Å². The van der Waals surface area contributed by atoms with Crippen molar-refractivity contribution >= 4 is 39.3 Å². The molecule has 2 rings (SSSR count). The third-order valence-electron chi connectivity index (χ3n) is 3.23. The number of anilines is 1. The van der Waals surface area contributed by atoms with Crippen LogP contribution in [0, 0.1) is 21.4 Å². The standard InChI is InChI=1S/C17H12BrN3O5/c1-26-15-7-10(6-14(16(15)22)21(24)25)5-11(9-19)17(23)20-13-4-2-3-12(18)8-13/h2-8,22H,1H3,(H,20,23)/p-1/b11-5-. The fraction of sp³-hybridized carbons (Fsp3) is 0.0588. The number of nitriles is 1. The van der Waals surface area contributed by atoms with E-state index in [0.29, 0.717) is 5.69 Å². The first-order chi connectivity index (χ1) is 12.3. The van der Waals surface area contributed by atoms with Crippen LogP contribution in [-0.4, -0.2) is 17.9 Å². The van der Waals surface area contributed by atoms with Crippen LogP contribution in [0.1, 0.15) is 5.56 Å². The van der Waals surface area contributed by atoms with Crippen LogP contribution >= 0.6 is 15.9 Å². The number of methoxy groups -OCH3 is 1. The number of halogens is 1. The molecule has 0 aliphatic carbocycles. The van der Waals surface area contributed by atoms with E-state index in [9.17, 15) is 25.3 Å². The average Bonchev–Trinajstić information content (AvgIpc) is 2.60. The Morgan fingerprint density at radius 1 is 1.38 bits per heavy atom. The smallest absolute Gasteiger partial charge is 0.266 e. The van der Waals surface area contributed by atoms with Crippen LogP contribution in [0.2, 0.25) is 0 Å². The Bertz CT molecular complexity index is 950.